The fourth-order valence-electron chi connectivity index (χ4n) is 8.07. The van der Waals surface area contributed by atoms with Gasteiger partial charge in [-0.25, -0.2) is 19.2 Å². The van der Waals surface area contributed by atoms with E-state index in [1.54, 1.807) is 43.3 Å². The second-order valence-electron chi connectivity index (χ2n) is 17.0. The van der Waals surface area contributed by atoms with E-state index in [0.717, 1.165) is 39.0 Å². The number of carbonyl (C=O) groups is 6. The zero-order valence-corrected chi connectivity index (χ0v) is 40.5. The standard InChI is InChI=1S/C51H51F6N9O8/c1-30(2)42(46(69)70)44(34-16-12-32(26-58)13-17-34)64(48(73)62-38-10-6-8-36(24-38)50(52,53)54)28-40(67)60-20-22-63(5)23-21-61-41(68)29-65-45(35-18-14-33(15-19-35)27-59-4)43(47(71)72)31(3)66(49(65)74)39-11-7-9-37(25-39)51(55,56)57/h6-19,24-25,27,44-45H,20-23,28-29H2,1-5H3,(H,60,67)(H,61,68)(H,62,73)(H,69,70)(H,71,72)/t44-,45-/m1/s1. The molecule has 390 valence electrons. The molecule has 74 heavy (non-hydrogen) atoms. The Bertz CT molecular complexity index is 2890. The Morgan fingerprint density at radius 3 is 1.96 bits per heavy atom. The van der Waals surface area contributed by atoms with Crippen LogP contribution in [0.3, 0.4) is 0 Å². The number of nitrogens with zero attached hydrogens (tertiary/aromatic N) is 6. The van der Waals surface area contributed by atoms with E-state index in [1.165, 1.54) is 63.4 Å². The molecule has 23 heteroatoms. The molecular formula is C51H51F6N9O8. The van der Waals surface area contributed by atoms with E-state index < -0.39 is 84.5 Å². The van der Waals surface area contributed by atoms with Crippen LogP contribution in [-0.2, 0) is 31.5 Å². The summed E-state index contributed by atoms with van der Waals surface area (Å²) in [6, 6.07) is 16.2. The summed E-state index contributed by atoms with van der Waals surface area (Å²) in [5.41, 5.74) is -2.16. The zero-order valence-electron chi connectivity index (χ0n) is 40.5. The van der Waals surface area contributed by atoms with Crippen LogP contribution in [0.25, 0.3) is 0 Å². The molecule has 0 bridgehead atoms. The fourth-order valence-corrected chi connectivity index (χ4v) is 8.07. The number of aliphatic imine (C=N–C) groups is 1. The van der Waals surface area contributed by atoms with Crippen LogP contribution in [0.5, 0.6) is 0 Å². The van der Waals surface area contributed by atoms with Crippen LogP contribution in [0, 0.1) is 11.3 Å². The number of halogens is 6. The molecule has 17 nitrogen and oxygen atoms in total. The molecule has 5 N–H and O–H groups in total. The highest BCUT2D eigenvalue weighted by Crippen LogP contribution is 2.41. The number of anilines is 2. The first-order chi connectivity index (χ1) is 34.9. The molecule has 0 fully saturated rings. The molecule has 0 unspecified atom stereocenters. The molecule has 6 amide bonds. The van der Waals surface area contributed by atoms with E-state index in [1.807, 2.05) is 6.07 Å². The van der Waals surface area contributed by atoms with Gasteiger partial charge in [0.25, 0.3) is 0 Å². The number of nitrogens with one attached hydrogen (secondary N) is 3. The first-order valence-corrected chi connectivity index (χ1v) is 22.5. The van der Waals surface area contributed by atoms with Gasteiger partial charge in [0.05, 0.1) is 51.7 Å². The molecule has 1 aliphatic rings. The summed E-state index contributed by atoms with van der Waals surface area (Å²) in [5, 5.41) is 37.9. The van der Waals surface area contributed by atoms with Crippen molar-refractivity contribution < 1.29 is 65.3 Å². The predicted molar refractivity (Wildman–Crippen MR) is 260 cm³/mol. The maximum absolute atomic E-state index is 14.4. The number of hydrogen-bond acceptors (Lipinski definition) is 9. The van der Waals surface area contributed by atoms with Crippen LogP contribution in [0.15, 0.2) is 124 Å². The van der Waals surface area contributed by atoms with Crippen LogP contribution in [0.2, 0.25) is 0 Å². The van der Waals surface area contributed by atoms with E-state index in [-0.39, 0.29) is 76.7 Å². The van der Waals surface area contributed by atoms with Gasteiger partial charge >= 0.3 is 36.4 Å². The summed E-state index contributed by atoms with van der Waals surface area (Å²) >= 11 is 0. The Balaban J connectivity index is 1.31. The van der Waals surface area contributed by atoms with Crippen LogP contribution >= 0.6 is 0 Å². The summed E-state index contributed by atoms with van der Waals surface area (Å²) < 4.78 is 82.2. The third kappa shape index (κ3) is 14.1. The van der Waals surface area contributed by atoms with Gasteiger partial charge in [-0.15, -0.1) is 0 Å². The Morgan fingerprint density at radius 1 is 0.838 bits per heavy atom. The number of nitriles is 1. The molecule has 0 saturated heterocycles. The average molecular weight is 1030 g/mol. The SMILES string of the molecule is CN=Cc1ccc([C@@H]2C(C(=O)O)=C(C)N(c3cccc(C(F)(F)F)c3)C(=O)N2CC(=O)NCCN(C)CCNC(=O)CN(C(=O)Nc2cccc(C(F)(F)F)c2)[C@@H](C(C(=O)O)=C(C)C)c2ccc(C#N)cc2)cc1. The largest absolute Gasteiger partial charge is 0.478 e. The van der Waals surface area contributed by atoms with Gasteiger partial charge in [0.15, 0.2) is 0 Å². The van der Waals surface area contributed by atoms with E-state index in [4.69, 9.17) is 0 Å². The molecule has 5 rings (SSSR count). The minimum atomic E-state index is -4.80. The Hall–Kier alpha value is -8.52. The number of hydrogen-bond donors (Lipinski definition) is 5. The maximum Gasteiger partial charge on any atom is 0.416 e. The molecule has 1 aliphatic heterocycles. The Morgan fingerprint density at radius 2 is 1.42 bits per heavy atom. The highest BCUT2D eigenvalue weighted by atomic mass is 19.4. The average Bonchev–Trinajstić information content (AvgIpc) is 3.33. The van der Waals surface area contributed by atoms with Crippen molar-refractivity contribution in [1.82, 2.24) is 25.3 Å². The van der Waals surface area contributed by atoms with Gasteiger partial charge in [0.2, 0.25) is 11.8 Å². The molecule has 1 heterocycles. The van der Waals surface area contributed by atoms with Gasteiger partial charge in [-0.05, 0) is 93.0 Å². The van der Waals surface area contributed by atoms with Crippen molar-refractivity contribution in [3.63, 3.8) is 0 Å². The predicted octanol–water partition coefficient (Wildman–Crippen LogP) is 7.85. The molecule has 0 aromatic heterocycles. The third-order valence-electron chi connectivity index (χ3n) is 11.6. The van der Waals surface area contributed by atoms with Crippen molar-refractivity contribution in [3.05, 3.63) is 153 Å². The second-order valence-corrected chi connectivity index (χ2v) is 17.0. The smallest absolute Gasteiger partial charge is 0.416 e. The first kappa shape index (κ1) is 56.4. The lowest BCUT2D eigenvalue weighted by molar-refractivity contribution is -0.138. The van der Waals surface area contributed by atoms with Gasteiger partial charge in [0.1, 0.15) is 13.1 Å². The lowest BCUT2D eigenvalue weighted by Crippen LogP contribution is -2.54. The van der Waals surface area contributed by atoms with Crippen molar-refractivity contribution in [2.24, 2.45) is 4.99 Å². The van der Waals surface area contributed by atoms with E-state index in [0.29, 0.717) is 17.7 Å². The van der Waals surface area contributed by atoms with Crippen LogP contribution < -0.4 is 20.9 Å². The van der Waals surface area contributed by atoms with E-state index >= 15 is 0 Å². The Labute approximate surface area is 421 Å². The normalized spacial score (nSPS) is 14.4. The zero-order chi connectivity index (χ0) is 54.7. The Kier molecular flexibility index (Phi) is 18.5. The molecule has 0 radical (unpaired) electrons. The number of carboxylic acid groups (broad SMARTS) is 2. The number of benzene rings is 4. The number of allylic oxidation sites excluding steroid dienone is 2. The highest BCUT2D eigenvalue weighted by molar-refractivity contribution is 6.04. The van der Waals surface area contributed by atoms with Crippen molar-refractivity contribution in [1.29, 1.82) is 5.26 Å². The highest BCUT2D eigenvalue weighted by Gasteiger charge is 2.44. The minimum absolute atomic E-state index is 0.0601. The minimum Gasteiger partial charge on any atom is -0.478 e. The number of carboxylic acids is 2. The van der Waals surface area contributed by atoms with Gasteiger partial charge in [0, 0.05) is 50.8 Å². The van der Waals surface area contributed by atoms with Crippen molar-refractivity contribution in [3.8, 4) is 6.07 Å². The number of alkyl halides is 6. The second kappa shape index (κ2) is 24.3. The van der Waals surface area contributed by atoms with Gasteiger partial charge < -0.3 is 40.9 Å². The van der Waals surface area contributed by atoms with E-state index in [9.17, 15) is 70.6 Å². The quantitative estimate of drug-likeness (QED) is 0.0347. The maximum atomic E-state index is 14.4. The molecule has 0 saturated carbocycles. The number of likely N-dealkylation sites (N-methyl/N-ethyl adjacent to an activating group) is 1. The topological polar surface area (TPSA) is 228 Å². The number of carbonyl (C=O) groups excluding carboxylic acids is 4. The molecule has 0 aliphatic carbocycles. The summed E-state index contributed by atoms with van der Waals surface area (Å²) in [6.45, 7) is 2.77. The number of aliphatic carboxylic acids is 2. The molecule has 2 atom stereocenters. The fraction of sp³-hybridized carbons (Fsp3) is 0.294. The number of urea groups is 2. The molecular weight excluding hydrogens is 981 g/mol. The first-order valence-electron chi connectivity index (χ1n) is 22.5. The lowest BCUT2D eigenvalue weighted by Gasteiger charge is -2.42. The monoisotopic (exact) mass is 1030 g/mol. The van der Waals surface area contributed by atoms with Crippen molar-refractivity contribution >= 4 is 53.4 Å². The van der Waals surface area contributed by atoms with Crippen molar-refractivity contribution in [2.45, 2.75) is 45.2 Å². The lowest BCUT2D eigenvalue weighted by atomic mass is 9.92. The summed E-state index contributed by atoms with van der Waals surface area (Å²) in [6.07, 6.45) is -8.04. The van der Waals surface area contributed by atoms with Gasteiger partial charge in [-0.2, -0.15) is 31.6 Å². The summed E-state index contributed by atoms with van der Waals surface area (Å²) in [4.78, 5) is 89.6. The van der Waals surface area contributed by atoms with Crippen molar-refractivity contribution in [2.75, 3.05) is 63.6 Å². The molecule has 0 spiro atoms. The molecule has 4 aromatic rings. The third-order valence-corrected chi connectivity index (χ3v) is 11.6. The number of amides is 6. The van der Waals surface area contributed by atoms with E-state index in [2.05, 4.69) is 20.9 Å². The summed E-state index contributed by atoms with van der Waals surface area (Å²) in [5.74, 6) is -4.52. The van der Waals surface area contributed by atoms with Gasteiger partial charge in [-0.3, -0.25) is 19.5 Å². The van der Waals surface area contributed by atoms with Crippen LogP contribution in [-0.4, -0.2) is 120 Å². The van der Waals surface area contributed by atoms with Crippen LogP contribution in [0.1, 0.15) is 66.2 Å². The van der Waals surface area contributed by atoms with Crippen LogP contribution in [0.4, 0.5) is 47.3 Å². The number of rotatable bonds is 19. The summed E-state index contributed by atoms with van der Waals surface area (Å²) in [7, 11) is 3.17. The van der Waals surface area contributed by atoms with Gasteiger partial charge in [-0.1, -0.05) is 54.1 Å². The molecule has 4 aromatic carbocycles.